The third-order valence-electron chi connectivity index (χ3n) is 3.05. The molecule has 0 N–H and O–H groups in total. The van der Waals surface area contributed by atoms with Crippen molar-refractivity contribution in [1.82, 2.24) is 0 Å². The van der Waals surface area contributed by atoms with Crippen LogP contribution in [0, 0.1) is 0 Å². The molecule has 1 saturated carbocycles. The first-order valence-corrected chi connectivity index (χ1v) is 5.08. The number of ether oxygens (including phenoxy) is 1. The van der Waals surface area contributed by atoms with E-state index in [4.69, 9.17) is 4.74 Å². The van der Waals surface area contributed by atoms with E-state index in [2.05, 4.69) is 6.08 Å². The highest BCUT2D eigenvalue weighted by Gasteiger charge is 2.38. The number of hydrogen-bond donors (Lipinski definition) is 0. The van der Waals surface area contributed by atoms with Crippen LogP contribution in [-0.2, 0) is 9.53 Å². The Labute approximate surface area is 79.0 Å². The first-order chi connectivity index (χ1) is 6.20. The maximum atomic E-state index is 11.0. The second-order valence-corrected chi connectivity index (χ2v) is 4.23. The normalized spacial score (nSPS) is 32.2. The van der Waals surface area contributed by atoms with Crippen LogP contribution in [-0.4, -0.2) is 11.6 Å². The number of carbonyl (C=O) groups excluding carboxylic acids is 1. The van der Waals surface area contributed by atoms with Gasteiger partial charge in [-0.15, -0.1) is 0 Å². The summed E-state index contributed by atoms with van der Waals surface area (Å²) in [5.74, 6) is -0.128. The van der Waals surface area contributed by atoms with Gasteiger partial charge in [0.25, 0.3) is 0 Å². The molecule has 1 unspecified atom stereocenters. The number of carbonyl (C=O) groups is 1. The zero-order valence-electron chi connectivity index (χ0n) is 8.14. The Morgan fingerprint density at radius 3 is 3.15 bits per heavy atom. The average molecular weight is 180 g/mol. The summed E-state index contributed by atoms with van der Waals surface area (Å²) in [6, 6.07) is 0. The summed E-state index contributed by atoms with van der Waals surface area (Å²) in [5, 5.41) is 0. The molecular formula is C11H16O2. The van der Waals surface area contributed by atoms with Crippen LogP contribution in [0.15, 0.2) is 11.6 Å². The third kappa shape index (κ3) is 1.77. The number of esters is 1. The third-order valence-corrected chi connectivity index (χ3v) is 3.05. The predicted octanol–water partition coefficient (Wildman–Crippen LogP) is 2.58. The molecular weight excluding hydrogens is 164 g/mol. The molecule has 0 aromatic rings. The second kappa shape index (κ2) is 3.17. The molecule has 0 aliphatic heterocycles. The van der Waals surface area contributed by atoms with Crippen molar-refractivity contribution in [2.24, 2.45) is 0 Å². The van der Waals surface area contributed by atoms with Crippen molar-refractivity contribution < 1.29 is 9.53 Å². The smallest absolute Gasteiger partial charge is 0.303 e. The summed E-state index contributed by atoms with van der Waals surface area (Å²) in [4.78, 5) is 11.0. The molecule has 13 heavy (non-hydrogen) atoms. The van der Waals surface area contributed by atoms with Gasteiger partial charge in [0.1, 0.15) is 5.60 Å². The molecule has 0 amide bonds. The molecule has 0 spiro atoms. The molecule has 72 valence electrons. The summed E-state index contributed by atoms with van der Waals surface area (Å²) in [5.41, 5.74) is 1.36. The van der Waals surface area contributed by atoms with Gasteiger partial charge in [-0.25, -0.2) is 0 Å². The van der Waals surface area contributed by atoms with Crippen LogP contribution in [0.3, 0.4) is 0 Å². The fraction of sp³-hybridized carbons (Fsp3) is 0.727. The Balaban J connectivity index is 2.10. The van der Waals surface area contributed by atoms with Crippen molar-refractivity contribution in [1.29, 1.82) is 0 Å². The highest BCUT2D eigenvalue weighted by Crippen LogP contribution is 2.41. The lowest BCUT2D eigenvalue weighted by atomic mass is 9.95. The van der Waals surface area contributed by atoms with Gasteiger partial charge in [0.2, 0.25) is 0 Å². The quantitative estimate of drug-likeness (QED) is 0.458. The maximum absolute atomic E-state index is 11.0. The minimum Gasteiger partial charge on any atom is -0.459 e. The van der Waals surface area contributed by atoms with Crippen LogP contribution in [0.4, 0.5) is 0 Å². The van der Waals surface area contributed by atoms with Crippen LogP contribution < -0.4 is 0 Å². The lowest BCUT2D eigenvalue weighted by Gasteiger charge is -2.27. The highest BCUT2D eigenvalue weighted by molar-refractivity contribution is 5.66. The van der Waals surface area contributed by atoms with Crippen LogP contribution in [0.1, 0.15) is 45.4 Å². The summed E-state index contributed by atoms with van der Waals surface area (Å²) < 4.78 is 5.46. The van der Waals surface area contributed by atoms with Gasteiger partial charge >= 0.3 is 5.97 Å². The fourth-order valence-corrected chi connectivity index (χ4v) is 2.50. The first-order valence-electron chi connectivity index (χ1n) is 5.08. The van der Waals surface area contributed by atoms with Crippen molar-refractivity contribution in [3.05, 3.63) is 11.6 Å². The zero-order valence-corrected chi connectivity index (χ0v) is 8.14. The molecule has 1 atom stereocenters. The number of fused-ring (bicyclic) bond motifs is 2. The Morgan fingerprint density at radius 1 is 1.54 bits per heavy atom. The summed E-state index contributed by atoms with van der Waals surface area (Å²) in [6.07, 6.45) is 8.92. The molecule has 2 aliphatic rings. The standard InChI is InChI=1S/C11H16O2/c1-9(12)13-11-6-3-2-4-10(8-11)5-7-11/h5H,2-4,6-8H2,1H3. The fourth-order valence-electron chi connectivity index (χ4n) is 2.50. The lowest BCUT2D eigenvalue weighted by Crippen LogP contribution is -2.31. The topological polar surface area (TPSA) is 26.3 Å². The van der Waals surface area contributed by atoms with E-state index in [1.807, 2.05) is 0 Å². The minimum atomic E-state index is -0.141. The Hall–Kier alpha value is -0.790. The maximum Gasteiger partial charge on any atom is 0.303 e. The molecule has 0 radical (unpaired) electrons. The van der Waals surface area contributed by atoms with Crippen LogP contribution in [0.25, 0.3) is 0 Å². The molecule has 0 saturated heterocycles. The molecule has 0 heterocycles. The van der Waals surface area contributed by atoms with Crippen molar-refractivity contribution in [3.63, 3.8) is 0 Å². The average Bonchev–Trinajstić information content (AvgIpc) is 2.27. The number of hydrogen-bond acceptors (Lipinski definition) is 2. The van der Waals surface area contributed by atoms with E-state index in [0.29, 0.717) is 0 Å². The largest absolute Gasteiger partial charge is 0.459 e. The van der Waals surface area contributed by atoms with Gasteiger partial charge in [0, 0.05) is 19.8 Å². The summed E-state index contributed by atoms with van der Waals surface area (Å²) in [7, 11) is 0. The van der Waals surface area contributed by atoms with Gasteiger partial charge in [-0.1, -0.05) is 11.6 Å². The summed E-state index contributed by atoms with van der Waals surface area (Å²) in [6.45, 7) is 1.51. The van der Waals surface area contributed by atoms with Crippen molar-refractivity contribution >= 4 is 5.97 Å². The van der Waals surface area contributed by atoms with E-state index in [-0.39, 0.29) is 11.6 Å². The molecule has 0 aromatic heterocycles. The lowest BCUT2D eigenvalue weighted by molar-refractivity contribution is -0.156. The van der Waals surface area contributed by atoms with Gasteiger partial charge in [0.05, 0.1) is 0 Å². The molecule has 2 rings (SSSR count). The van der Waals surface area contributed by atoms with Crippen molar-refractivity contribution in [2.45, 2.75) is 51.0 Å². The van der Waals surface area contributed by atoms with Gasteiger partial charge in [-0.05, 0) is 25.7 Å². The Kier molecular flexibility index (Phi) is 2.14. The van der Waals surface area contributed by atoms with E-state index >= 15 is 0 Å². The van der Waals surface area contributed by atoms with Crippen molar-refractivity contribution in [3.8, 4) is 0 Å². The van der Waals surface area contributed by atoms with Crippen LogP contribution in [0.5, 0.6) is 0 Å². The van der Waals surface area contributed by atoms with Crippen LogP contribution >= 0.6 is 0 Å². The van der Waals surface area contributed by atoms with E-state index in [1.165, 1.54) is 31.8 Å². The minimum absolute atomic E-state index is 0.128. The molecule has 2 aliphatic carbocycles. The van der Waals surface area contributed by atoms with Gasteiger partial charge < -0.3 is 4.74 Å². The Morgan fingerprint density at radius 2 is 2.38 bits per heavy atom. The number of rotatable bonds is 1. The van der Waals surface area contributed by atoms with Gasteiger partial charge in [-0.3, -0.25) is 4.79 Å². The van der Waals surface area contributed by atoms with E-state index in [9.17, 15) is 4.79 Å². The van der Waals surface area contributed by atoms with Gasteiger partial charge in [-0.2, -0.15) is 0 Å². The van der Waals surface area contributed by atoms with Crippen molar-refractivity contribution in [2.75, 3.05) is 0 Å². The summed E-state index contributed by atoms with van der Waals surface area (Å²) >= 11 is 0. The van der Waals surface area contributed by atoms with E-state index in [0.717, 1.165) is 19.3 Å². The highest BCUT2D eigenvalue weighted by atomic mass is 16.6. The molecule has 2 bridgehead atoms. The molecule has 2 heteroatoms. The Bertz CT molecular complexity index is 255. The molecule has 2 nitrogen and oxygen atoms in total. The van der Waals surface area contributed by atoms with Gasteiger partial charge in [0.15, 0.2) is 0 Å². The van der Waals surface area contributed by atoms with E-state index in [1.54, 1.807) is 0 Å². The first kappa shape index (κ1) is 8.79. The zero-order chi connectivity index (χ0) is 9.31. The molecule has 0 aromatic carbocycles. The SMILES string of the molecule is CC(=O)OC12CC=C(CCCC1)C2. The second-order valence-electron chi connectivity index (χ2n) is 4.23. The van der Waals surface area contributed by atoms with E-state index < -0.39 is 0 Å². The predicted molar refractivity (Wildman–Crippen MR) is 50.3 cm³/mol. The van der Waals surface area contributed by atoms with Crippen LogP contribution in [0.2, 0.25) is 0 Å². The monoisotopic (exact) mass is 180 g/mol. The molecule has 1 fully saturated rings.